The second-order valence-corrected chi connectivity index (χ2v) is 8.78. The number of piperidine rings is 1. The van der Waals surface area contributed by atoms with Crippen molar-refractivity contribution in [2.75, 3.05) is 40.4 Å². The molecule has 0 aromatic heterocycles. The minimum atomic E-state index is -0.120. The first kappa shape index (κ1) is 23.9. The van der Waals surface area contributed by atoms with E-state index in [9.17, 15) is 9.59 Å². The number of amides is 2. The van der Waals surface area contributed by atoms with Gasteiger partial charge in [0, 0.05) is 31.1 Å². The van der Waals surface area contributed by atoms with Gasteiger partial charge >= 0.3 is 0 Å². The van der Waals surface area contributed by atoms with Crippen molar-refractivity contribution in [1.82, 2.24) is 9.80 Å². The van der Waals surface area contributed by atoms with Gasteiger partial charge in [0.05, 0.1) is 19.2 Å². The van der Waals surface area contributed by atoms with Crippen LogP contribution in [-0.2, 0) is 4.79 Å². The molecule has 32 heavy (non-hydrogen) atoms. The van der Waals surface area contributed by atoms with Crippen molar-refractivity contribution < 1.29 is 19.1 Å². The van der Waals surface area contributed by atoms with Gasteiger partial charge in [0.1, 0.15) is 18.1 Å². The van der Waals surface area contributed by atoms with Gasteiger partial charge in [0.25, 0.3) is 5.91 Å². The molecule has 0 saturated carbocycles. The summed E-state index contributed by atoms with van der Waals surface area (Å²) in [6, 6.07) is 11.1. The number of rotatable bonds is 7. The van der Waals surface area contributed by atoms with Crippen molar-refractivity contribution >= 4 is 23.4 Å². The molecule has 0 N–H and O–H groups in total. The molecule has 3 rings (SSSR count). The standard InChI is InChI=1S/C25H31ClN2O4/c1-17-13-18(2)15-21(14-17)32-12-11-27(3)24(29)19-7-9-28(10-8-19)25(30)22-16-20(26)5-6-23(22)31-4/h5-6,13-16,19H,7-12H2,1-4H3. The van der Waals surface area contributed by atoms with E-state index in [2.05, 4.69) is 6.07 Å². The molecule has 1 fully saturated rings. The summed E-state index contributed by atoms with van der Waals surface area (Å²) in [6.07, 6.45) is 1.27. The van der Waals surface area contributed by atoms with Crippen LogP contribution in [0, 0.1) is 19.8 Å². The van der Waals surface area contributed by atoms with Crippen molar-refractivity contribution in [3.8, 4) is 11.5 Å². The number of ether oxygens (including phenoxy) is 2. The predicted octanol–water partition coefficient (Wildman–Crippen LogP) is 4.36. The molecule has 7 heteroatoms. The molecular weight excluding hydrogens is 428 g/mol. The summed E-state index contributed by atoms with van der Waals surface area (Å²) < 4.78 is 11.1. The van der Waals surface area contributed by atoms with E-state index < -0.39 is 0 Å². The third kappa shape index (κ3) is 5.94. The minimum absolute atomic E-state index is 0.0912. The summed E-state index contributed by atoms with van der Waals surface area (Å²) >= 11 is 6.07. The number of halogens is 1. The maximum atomic E-state index is 12.9. The Morgan fingerprint density at radius 1 is 1.09 bits per heavy atom. The van der Waals surface area contributed by atoms with Gasteiger partial charge in [0.2, 0.25) is 5.91 Å². The zero-order valence-electron chi connectivity index (χ0n) is 19.2. The number of likely N-dealkylation sites (tertiary alicyclic amines) is 1. The number of carbonyl (C=O) groups is 2. The van der Waals surface area contributed by atoms with E-state index in [4.69, 9.17) is 21.1 Å². The number of hydrogen-bond donors (Lipinski definition) is 0. The molecule has 0 unspecified atom stereocenters. The largest absolute Gasteiger partial charge is 0.496 e. The zero-order valence-corrected chi connectivity index (χ0v) is 19.9. The Bertz CT molecular complexity index is 950. The summed E-state index contributed by atoms with van der Waals surface area (Å²) in [7, 11) is 3.34. The lowest BCUT2D eigenvalue weighted by atomic mass is 9.95. The number of likely N-dealkylation sites (N-methyl/N-ethyl adjacent to an activating group) is 1. The fourth-order valence-electron chi connectivity index (χ4n) is 4.09. The number of hydrogen-bond acceptors (Lipinski definition) is 4. The third-order valence-corrected chi connectivity index (χ3v) is 6.03. The Morgan fingerprint density at radius 2 is 1.75 bits per heavy atom. The maximum absolute atomic E-state index is 12.9. The molecule has 172 valence electrons. The highest BCUT2D eigenvalue weighted by Crippen LogP contribution is 2.27. The van der Waals surface area contributed by atoms with Crippen LogP contribution in [0.2, 0.25) is 5.02 Å². The molecule has 1 saturated heterocycles. The monoisotopic (exact) mass is 458 g/mol. The van der Waals surface area contributed by atoms with Crippen LogP contribution < -0.4 is 9.47 Å². The molecule has 6 nitrogen and oxygen atoms in total. The Hall–Kier alpha value is -2.73. The lowest BCUT2D eigenvalue weighted by Gasteiger charge is -2.33. The molecule has 0 atom stereocenters. The van der Waals surface area contributed by atoms with Crippen LogP contribution in [0.25, 0.3) is 0 Å². The fraction of sp³-hybridized carbons (Fsp3) is 0.440. The summed E-state index contributed by atoms with van der Waals surface area (Å²) in [4.78, 5) is 29.3. The van der Waals surface area contributed by atoms with Crippen LogP contribution in [0.3, 0.4) is 0 Å². The summed E-state index contributed by atoms with van der Waals surface area (Å²) in [5, 5.41) is 0.490. The Balaban J connectivity index is 1.49. The minimum Gasteiger partial charge on any atom is -0.496 e. The second-order valence-electron chi connectivity index (χ2n) is 8.34. The van der Waals surface area contributed by atoms with Crippen LogP contribution in [0.15, 0.2) is 36.4 Å². The lowest BCUT2D eigenvalue weighted by Crippen LogP contribution is -2.44. The molecule has 0 bridgehead atoms. The van der Waals surface area contributed by atoms with Crippen molar-refractivity contribution in [2.45, 2.75) is 26.7 Å². The van der Waals surface area contributed by atoms with Gasteiger partial charge in [0.15, 0.2) is 0 Å². The maximum Gasteiger partial charge on any atom is 0.257 e. The van der Waals surface area contributed by atoms with Crippen LogP contribution in [-0.4, -0.2) is 62.0 Å². The molecule has 1 aliphatic heterocycles. The summed E-state index contributed by atoms with van der Waals surface area (Å²) in [5.41, 5.74) is 2.76. The fourth-order valence-corrected chi connectivity index (χ4v) is 4.26. The average molecular weight is 459 g/mol. The number of aryl methyl sites for hydroxylation is 2. The van der Waals surface area contributed by atoms with Gasteiger partial charge in [-0.05, 0) is 68.1 Å². The number of nitrogens with zero attached hydrogens (tertiary/aromatic N) is 2. The van der Waals surface area contributed by atoms with Gasteiger partial charge in [-0.2, -0.15) is 0 Å². The summed E-state index contributed by atoms with van der Waals surface area (Å²) in [6.45, 7) is 6.08. The molecule has 2 amide bonds. The highest BCUT2D eigenvalue weighted by atomic mass is 35.5. The van der Waals surface area contributed by atoms with Gasteiger partial charge in [-0.3, -0.25) is 9.59 Å². The second kappa shape index (κ2) is 10.7. The SMILES string of the molecule is COc1ccc(Cl)cc1C(=O)N1CCC(C(=O)N(C)CCOc2cc(C)cc(C)c2)CC1. The Morgan fingerprint density at radius 3 is 2.38 bits per heavy atom. The Kier molecular flexibility index (Phi) is 8.02. The Labute approximate surface area is 195 Å². The first-order valence-electron chi connectivity index (χ1n) is 10.9. The van der Waals surface area contributed by atoms with E-state index in [1.807, 2.05) is 33.0 Å². The molecule has 0 spiro atoms. The number of carbonyl (C=O) groups excluding carboxylic acids is 2. The van der Waals surface area contributed by atoms with Crippen molar-refractivity contribution in [3.05, 3.63) is 58.1 Å². The smallest absolute Gasteiger partial charge is 0.257 e. The molecule has 0 radical (unpaired) electrons. The van der Waals surface area contributed by atoms with Gasteiger partial charge in [-0.1, -0.05) is 17.7 Å². The van der Waals surface area contributed by atoms with E-state index in [-0.39, 0.29) is 17.7 Å². The van der Waals surface area contributed by atoms with Crippen molar-refractivity contribution in [2.24, 2.45) is 5.92 Å². The van der Waals surface area contributed by atoms with Gasteiger partial charge in [-0.15, -0.1) is 0 Å². The predicted molar refractivity (Wildman–Crippen MR) is 126 cm³/mol. The molecule has 0 aliphatic carbocycles. The molecule has 1 heterocycles. The quantitative estimate of drug-likeness (QED) is 0.618. The average Bonchev–Trinajstić information content (AvgIpc) is 2.77. The van der Waals surface area contributed by atoms with Crippen LogP contribution in [0.1, 0.15) is 34.3 Å². The molecular formula is C25H31ClN2O4. The third-order valence-electron chi connectivity index (χ3n) is 5.79. The first-order valence-corrected chi connectivity index (χ1v) is 11.2. The van der Waals surface area contributed by atoms with Crippen molar-refractivity contribution in [1.29, 1.82) is 0 Å². The first-order chi connectivity index (χ1) is 15.3. The topological polar surface area (TPSA) is 59.1 Å². The zero-order chi connectivity index (χ0) is 23.3. The van der Waals surface area contributed by atoms with E-state index in [1.54, 1.807) is 28.0 Å². The van der Waals surface area contributed by atoms with Gasteiger partial charge < -0.3 is 19.3 Å². The summed E-state index contributed by atoms with van der Waals surface area (Å²) in [5.74, 6) is 1.21. The van der Waals surface area contributed by atoms with E-state index in [0.29, 0.717) is 55.4 Å². The number of benzene rings is 2. The van der Waals surface area contributed by atoms with Crippen molar-refractivity contribution in [3.63, 3.8) is 0 Å². The van der Waals surface area contributed by atoms with Crippen LogP contribution in [0.4, 0.5) is 0 Å². The molecule has 2 aromatic carbocycles. The van der Waals surface area contributed by atoms with E-state index in [1.165, 1.54) is 7.11 Å². The van der Waals surface area contributed by atoms with Crippen LogP contribution >= 0.6 is 11.6 Å². The van der Waals surface area contributed by atoms with Crippen LogP contribution in [0.5, 0.6) is 11.5 Å². The molecule has 2 aromatic rings. The highest BCUT2D eigenvalue weighted by molar-refractivity contribution is 6.31. The lowest BCUT2D eigenvalue weighted by molar-refractivity contribution is -0.135. The van der Waals surface area contributed by atoms with E-state index >= 15 is 0 Å². The number of methoxy groups -OCH3 is 1. The highest BCUT2D eigenvalue weighted by Gasteiger charge is 2.30. The molecule has 1 aliphatic rings. The van der Waals surface area contributed by atoms with Gasteiger partial charge in [-0.25, -0.2) is 0 Å². The van der Waals surface area contributed by atoms with E-state index in [0.717, 1.165) is 16.9 Å². The normalized spacial score (nSPS) is 14.2.